The molecule has 104 valence electrons. The minimum atomic E-state index is 0.189. The highest BCUT2D eigenvalue weighted by atomic mass is 35.5. The summed E-state index contributed by atoms with van der Waals surface area (Å²) in [6.45, 7) is 4.83. The smallest absolute Gasteiger partial charge is 0.236 e. The Morgan fingerprint density at radius 1 is 1.21 bits per heavy atom. The molecule has 0 aromatic heterocycles. The second kappa shape index (κ2) is 6.89. The second-order valence-corrected chi connectivity index (χ2v) is 5.25. The first-order chi connectivity index (χ1) is 9.19. The zero-order valence-corrected chi connectivity index (χ0v) is 12.0. The highest BCUT2D eigenvalue weighted by Gasteiger charge is 2.20. The Morgan fingerprint density at radius 3 is 2.42 bits per heavy atom. The number of hydrogen-bond donors (Lipinski definition) is 1. The van der Waals surface area contributed by atoms with Gasteiger partial charge in [-0.05, 0) is 24.7 Å². The van der Waals surface area contributed by atoms with Gasteiger partial charge in [-0.3, -0.25) is 9.69 Å². The van der Waals surface area contributed by atoms with Crippen molar-refractivity contribution < 1.29 is 4.79 Å². The first-order valence-corrected chi connectivity index (χ1v) is 6.96. The van der Waals surface area contributed by atoms with E-state index in [9.17, 15) is 4.79 Å². The van der Waals surface area contributed by atoms with Gasteiger partial charge in [0.05, 0.1) is 6.54 Å². The predicted octanol–water partition coefficient (Wildman–Crippen LogP) is 1.20. The molecule has 1 amide bonds. The van der Waals surface area contributed by atoms with Crippen LogP contribution in [0.1, 0.15) is 5.56 Å². The lowest BCUT2D eigenvalue weighted by molar-refractivity contribution is -0.131. The molecule has 2 rings (SSSR count). The summed E-state index contributed by atoms with van der Waals surface area (Å²) in [5.41, 5.74) is 1.26. The molecule has 1 aliphatic rings. The fourth-order valence-electron chi connectivity index (χ4n) is 2.27. The van der Waals surface area contributed by atoms with E-state index in [2.05, 4.69) is 22.3 Å². The van der Waals surface area contributed by atoms with E-state index in [1.54, 1.807) is 7.05 Å². The van der Waals surface area contributed by atoms with Crippen molar-refractivity contribution >= 4 is 17.5 Å². The molecule has 0 bridgehead atoms. The molecule has 0 radical (unpaired) electrons. The molecule has 1 aliphatic heterocycles. The third-order valence-corrected chi connectivity index (χ3v) is 3.62. The van der Waals surface area contributed by atoms with Gasteiger partial charge in [0.1, 0.15) is 0 Å². The molecular formula is C14H20ClN3O. The van der Waals surface area contributed by atoms with Crippen molar-refractivity contribution in [1.29, 1.82) is 0 Å². The molecule has 4 nitrogen and oxygen atoms in total. The van der Waals surface area contributed by atoms with Crippen LogP contribution < -0.4 is 5.32 Å². The van der Waals surface area contributed by atoms with Crippen molar-refractivity contribution in [2.24, 2.45) is 0 Å². The molecule has 19 heavy (non-hydrogen) atoms. The zero-order chi connectivity index (χ0) is 13.7. The first kappa shape index (κ1) is 14.3. The van der Waals surface area contributed by atoms with E-state index in [1.165, 1.54) is 5.56 Å². The SMILES string of the molecule is CNCC(=O)N1CCN(Cc2ccc(Cl)cc2)CC1. The van der Waals surface area contributed by atoms with Crippen LogP contribution in [0.5, 0.6) is 0 Å². The Balaban J connectivity index is 1.80. The summed E-state index contributed by atoms with van der Waals surface area (Å²) in [5.74, 6) is 0.189. The summed E-state index contributed by atoms with van der Waals surface area (Å²) in [6.07, 6.45) is 0. The number of likely N-dealkylation sites (N-methyl/N-ethyl adjacent to an activating group) is 1. The number of nitrogens with zero attached hydrogens (tertiary/aromatic N) is 2. The number of carbonyl (C=O) groups excluding carboxylic acids is 1. The van der Waals surface area contributed by atoms with Crippen LogP contribution in [-0.2, 0) is 11.3 Å². The molecule has 0 saturated carbocycles. The maximum Gasteiger partial charge on any atom is 0.236 e. The van der Waals surface area contributed by atoms with E-state index in [1.807, 2.05) is 17.0 Å². The van der Waals surface area contributed by atoms with Gasteiger partial charge in [-0.15, -0.1) is 0 Å². The molecule has 0 aliphatic carbocycles. The molecule has 1 aromatic rings. The fourth-order valence-corrected chi connectivity index (χ4v) is 2.39. The molecule has 0 spiro atoms. The van der Waals surface area contributed by atoms with E-state index in [4.69, 9.17) is 11.6 Å². The van der Waals surface area contributed by atoms with Gasteiger partial charge in [-0.2, -0.15) is 0 Å². The zero-order valence-electron chi connectivity index (χ0n) is 11.2. The molecule has 1 aromatic carbocycles. The topological polar surface area (TPSA) is 35.6 Å². The summed E-state index contributed by atoms with van der Waals surface area (Å²) in [4.78, 5) is 16.0. The van der Waals surface area contributed by atoms with Crippen LogP contribution in [0.3, 0.4) is 0 Å². The number of nitrogens with one attached hydrogen (secondary N) is 1. The normalized spacial score (nSPS) is 16.6. The van der Waals surface area contributed by atoms with Gasteiger partial charge in [0.25, 0.3) is 0 Å². The fraction of sp³-hybridized carbons (Fsp3) is 0.500. The average molecular weight is 282 g/mol. The Labute approximate surface area is 119 Å². The summed E-state index contributed by atoms with van der Waals surface area (Å²) in [6, 6.07) is 7.95. The highest BCUT2D eigenvalue weighted by Crippen LogP contribution is 2.12. The number of amides is 1. The molecule has 0 unspecified atom stereocenters. The monoisotopic (exact) mass is 281 g/mol. The number of piperazine rings is 1. The third kappa shape index (κ3) is 4.20. The Kier molecular flexibility index (Phi) is 5.19. The van der Waals surface area contributed by atoms with Crippen molar-refractivity contribution in [3.05, 3.63) is 34.9 Å². The van der Waals surface area contributed by atoms with Gasteiger partial charge < -0.3 is 10.2 Å². The van der Waals surface area contributed by atoms with Crippen LogP contribution in [0.4, 0.5) is 0 Å². The summed E-state index contributed by atoms with van der Waals surface area (Å²) < 4.78 is 0. The number of benzene rings is 1. The van der Waals surface area contributed by atoms with Crippen LogP contribution in [-0.4, -0.2) is 55.5 Å². The molecule has 1 fully saturated rings. The number of halogens is 1. The quantitative estimate of drug-likeness (QED) is 0.901. The van der Waals surface area contributed by atoms with Crippen molar-refractivity contribution in [3.8, 4) is 0 Å². The van der Waals surface area contributed by atoms with Gasteiger partial charge in [0, 0.05) is 37.7 Å². The predicted molar refractivity (Wildman–Crippen MR) is 77.2 cm³/mol. The van der Waals surface area contributed by atoms with E-state index in [0.717, 1.165) is 37.7 Å². The summed E-state index contributed by atoms with van der Waals surface area (Å²) in [5, 5.41) is 3.67. The van der Waals surface area contributed by atoms with Gasteiger partial charge in [-0.1, -0.05) is 23.7 Å². The van der Waals surface area contributed by atoms with Crippen molar-refractivity contribution in [1.82, 2.24) is 15.1 Å². The maximum atomic E-state index is 11.7. The Morgan fingerprint density at radius 2 is 1.84 bits per heavy atom. The van der Waals surface area contributed by atoms with E-state index >= 15 is 0 Å². The van der Waals surface area contributed by atoms with Gasteiger partial charge in [0.15, 0.2) is 0 Å². The molecule has 1 N–H and O–H groups in total. The highest BCUT2D eigenvalue weighted by molar-refractivity contribution is 6.30. The standard InChI is InChI=1S/C14H20ClN3O/c1-16-10-14(19)18-8-6-17(7-9-18)11-12-2-4-13(15)5-3-12/h2-5,16H,6-11H2,1H3. The molecule has 1 heterocycles. The largest absolute Gasteiger partial charge is 0.339 e. The third-order valence-electron chi connectivity index (χ3n) is 3.37. The number of hydrogen-bond acceptors (Lipinski definition) is 3. The summed E-state index contributed by atoms with van der Waals surface area (Å²) >= 11 is 5.87. The van der Waals surface area contributed by atoms with Crippen LogP contribution in [0.15, 0.2) is 24.3 Å². The Hall–Kier alpha value is -1.10. The van der Waals surface area contributed by atoms with Crippen LogP contribution in [0.25, 0.3) is 0 Å². The van der Waals surface area contributed by atoms with E-state index in [-0.39, 0.29) is 5.91 Å². The van der Waals surface area contributed by atoms with Gasteiger partial charge in [0.2, 0.25) is 5.91 Å². The summed E-state index contributed by atoms with van der Waals surface area (Å²) in [7, 11) is 1.80. The van der Waals surface area contributed by atoms with Crippen molar-refractivity contribution in [2.75, 3.05) is 39.8 Å². The Bertz CT molecular complexity index is 413. The lowest BCUT2D eigenvalue weighted by atomic mass is 10.2. The minimum absolute atomic E-state index is 0.189. The van der Waals surface area contributed by atoms with Crippen molar-refractivity contribution in [2.45, 2.75) is 6.54 Å². The van der Waals surface area contributed by atoms with Crippen molar-refractivity contribution in [3.63, 3.8) is 0 Å². The maximum absolute atomic E-state index is 11.7. The van der Waals surface area contributed by atoms with Crippen LogP contribution in [0.2, 0.25) is 5.02 Å². The van der Waals surface area contributed by atoms with Gasteiger partial charge >= 0.3 is 0 Å². The molecule has 0 atom stereocenters. The molecule has 1 saturated heterocycles. The minimum Gasteiger partial charge on any atom is -0.339 e. The lowest BCUT2D eigenvalue weighted by Gasteiger charge is -2.34. The number of rotatable bonds is 4. The first-order valence-electron chi connectivity index (χ1n) is 6.58. The van der Waals surface area contributed by atoms with E-state index < -0.39 is 0 Å². The second-order valence-electron chi connectivity index (χ2n) is 4.81. The lowest BCUT2D eigenvalue weighted by Crippen LogP contribution is -2.50. The van der Waals surface area contributed by atoms with E-state index in [0.29, 0.717) is 6.54 Å². The average Bonchev–Trinajstić information content (AvgIpc) is 2.42. The number of carbonyl (C=O) groups is 1. The van der Waals surface area contributed by atoms with Crippen LogP contribution >= 0.6 is 11.6 Å². The van der Waals surface area contributed by atoms with Crippen LogP contribution in [0, 0.1) is 0 Å². The van der Waals surface area contributed by atoms with Gasteiger partial charge in [-0.25, -0.2) is 0 Å². The molecule has 5 heteroatoms. The molecular weight excluding hydrogens is 262 g/mol.